The zero-order chi connectivity index (χ0) is 13.4. The third kappa shape index (κ3) is 2.24. The normalized spacial score (nSPS) is 28.3. The van der Waals surface area contributed by atoms with Crippen molar-refractivity contribution in [1.29, 1.82) is 0 Å². The van der Waals surface area contributed by atoms with Gasteiger partial charge in [-0.3, -0.25) is 9.69 Å². The van der Waals surface area contributed by atoms with Gasteiger partial charge in [0.15, 0.2) is 0 Å². The predicted molar refractivity (Wildman–Crippen MR) is 70.1 cm³/mol. The van der Waals surface area contributed by atoms with E-state index in [0.717, 1.165) is 31.7 Å². The molecule has 0 spiro atoms. The molecule has 0 radical (unpaired) electrons. The number of halogens is 1. The Balaban J connectivity index is 1.94. The van der Waals surface area contributed by atoms with Crippen LogP contribution in [0.25, 0.3) is 0 Å². The number of nitrogens with zero attached hydrogens (tertiary/aromatic N) is 2. The fourth-order valence-electron chi connectivity index (χ4n) is 3.02. The molecule has 1 aromatic carbocycles. The first-order valence-corrected chi connectivity index (χ1v) is 6.64. The van der Waals surface area contributed by atoms with Gasteiger partial charge in [0.1, 0.15) is 11.9 Å². The van der Waals surface area contributed by atoms with Crippen molar-refractivity contribution in [2.24, 2.45) is 0 Å². The number of fused-ring (bicyclic) bond motifs is 1. The molecule has 2 aliphatic heterocycles. The molecular weight excluding hydrogens is 245 g/mol. The Hall–Kier alpha value is -1.46. The van der Waals surface area contributed by atoms with E-state index in [-0.39, 0.29) is 17.8 Å². The average Bonchev–Trinajstić information content (AvgIpc) is 2.42. The van der Waals surface area contributed by atoms with Crippen molar-refractivity contribution >= 4 is 5.91 Å². The van der Waals surface area contributed by atoms with Gasteiger partial charge in [0, 0.05) is 39.3 Å². The van der Waals surface area contributed by atoms with Crippen LogP contribution in [0.1, 0.15) is 11.6 Å². The van der Waals surface area contributed by atoms with Crippen molar-refractivity contribution in [3.8, 4) is 0 Å². The fraction of sp³-hybridized carbons (Fsp3) is 0.500. The zero-order valence-corrected chi connectivity index (χ0v) is 11.0. The molecule has 0 aromatic heterocycles. The van der Waals surface area contributed by atoms with Crippen LogP contribution in [0.15, 0.2) is 24.3 Å². The van der Waals surface area contributed by atoms with Crippen molar-refractivity contribution < 1.29 is 9.18 Å². The highest BCUT2D eigenvalue weighted by molar-refractivity contribution is 5.84. The van der Waals surface area contributed by atoms with Gasteiger partial charge in [0.2, 0.25) is 5.91 Å². The number of piperazine rings is 2. The van der Waals surface area contributed by atoms with Crippen molar-refractivity contribution in [2.45, 2.75) is 12.1 Å². The van der Waals surface area contributed by atoms with Crippen molar-refractivity contribution in [3.05, 3.63) is 35.6 Å². The van der Waals surface area contributed by atoms with E-state index in [9.17, 15) is 9.18 Å². The highest BCUT2D eigenvalue weighted by atomic mass is 19.1. The molecule has 1 amide bonds. The van der Waals surface area contributed by atoms with E-state index in [1.54, 1.807) is 17.0 Å². The molecule has 0 saturated carbocycles. The van der Waals surface area contributed by atoms with E-state index in [1.165, 1.54) is 12.1 Å². The molecule has 2 atom stereocenters. The van der Waals surface area contributed by atoms with E-state index < -0.39 is 0 Å². The first-order valence-electron chi connectivity index (χ1n) is 6.64. The highest BCUT2D eigenvalue weighted by Gasteiger charge is 2.40. The Morgan fingerprint density at radius 2 is 2.05 bits per heavy atom. The maximum atomic E-state index is 13.0. The summed E-state index contributed by atoms with van der Waals surface area (Å²) < 4.78 is 13.0. The van der Waals surface area contributed by atoms with Gasteiger partial charge < -0.3 is 10.2 Å². The van der Waals surface area contributed by atoms with Gasteiger partial charge >= 0.3 is 0 Å². The largest absolute Gasteiger partial charge is 0.342 e. The van der Waals surface area contributed by atoms with Crippen molar-refractivity contribution in [3.63, 3.8) is 0 Å². The minimum Gasteiger partial charge on any atom is -0.342 e. The second-order valence-corrected chi connectivity index (χ2v) is 5.27. The second kappa shape index (κ2) is 4.90. The molecule has 2 aliphatic rings. The monoisotopic (exact) mass is 263 g/mol. The molecule has 5 heteroatoms. The summed E-state index contributed by atoms with van der Waals surface area (Å²) in [5, 5.41) is 3.36. The molecule has 0 aliphatic carbocycles. The smallest absolute Gasteiger partial charge is 0.244 e. The Morgan fingerprint density at radius 1 is 1.32 bits per heavy atom. The number of hydrogen-bond acceptors (Lipinski definition) is 3. The molecule has 19 heavy (non-hydrogen) atoms. The summed E-state index contributed by atoms with van der Waals surface area (Å²) in [6, 6.07) is 6.35. The SMILES string of the molecule is CN1CC2CNCCN2C(c2ccc(F)cc2)C1=O. The highest BCUT2D eigenvalue weighted by Crippen LogP contribution is 2.30. The maximum absolute atomic E-state index is 13.0. The number of hydrogen-bond donors (Lipinski definition) is 1. The van der Waals surface area contributed by atoms with Crippen LogP contribution in [0.4, 0.5) is 4.39 Å². The third-order valence-electron chi connectivity index (χ3n) is 4.01. The van der Waals surface area contributed by atoms with Gasteiger partial charge in [-0.1, -0.05) is 12.1 Å². The number of carbonyl (C=O) groups excluding carboxylic acids is 1. The predicted octanol–water partition coefficient (Wildman–Crippen LogP) is 0.613. The first kappa shape index (κ1) is 12.6. The number of rotatable bonds is 1. The summed E-state index contributed by atoms with van der Waals surface area (Å²) in [5.74, 6) is -0.165. The van der Waals surface area contributed by atoms with Gasteiger partial charge in [-0.25, -0.2) is 4.39 Å². The quantitative estimate of drug-likeness (QED) is 0.806. The maximum Gasteiger partial charge on any atom is 0.244 e. The van der Waals surface area contributed by atoms with E-state index in [0.29, 0.717) is 6.04 Å². The van der Waals surface area contributed by atoms with Gasteiger partial charge in [-0.2, -0.15) is 0 Å². The van der Waals surface area contributed by atoms with Crippen LogP contribution in [0, 0.1) is 5.82 Å². The lowest BCUT2D eigenvalue weighted by Gasteiger charge is -2.47. The lowest BCUT2D eigenvalue weighted by atomic mass is 9.97. The van der Waals surface area contributed by atoms with Crippen LogP contribution < -0.4 is 5.32 Å². The lowest BCUT2D eigenvalue weighted by molar-refractivity contribution is -0.144. The second-order valence-electron chi connectivity index (χ2n) is 5.27. The van der Waals surface area contributed by atoms with Crippen LogP contribution in [-0.2, 0) is 4.79 Å². The molecule has 102 valence electrons. The molecule has 2 saturated heterocycles. The van der Waals surface area contributed by atoms with E-state index >= 15 is 0 Å². The molecule has 2 fully saturated rings. The van der Waals surface area contributed by atoms with E-state index in [1.807, 2.05) is 7.05 Å². The minimum absolute atomic E-state index is 0.102. The summed E-state index contributed by atoms with van der Waals surface area (Å²) in [4.78, 5) is 16.5. The van der Waals surface area contributed by atoms with Crippen LogP contribution in [0.2, 0.25) is 0 Å². The molecule has 2 unspecified atom stereocenters. The van der Waals surface area contributed by atoms with Crippen LogP contribution >= 0.6 is 0 Å². The Morgan fingerprint density at radius 3 is 2.79 bits per heavy atom. The van der Waals surface area contributed by atoms with Gasteiger partial charge in [0.05, 0.1) is 0 Å². The molecule has 3 rings (SSSR count). The summed E-state index contributed by atoms with van der Waals surface area (Å²) in [6.45, 7) is 3.40. The zero-order valence-electron chi connectivity index (χ0n) is 11.0. The third-order valence-corrected chi connectivity index (χ3v) is 4.01. The van der Waals surface area contributed by atoms with Crippen LogP contribution in [0.3, 0.4) is 0 Å². The number of carbonyl (C=O) groups is 1. The van der Waals surface area contributed by atoms with Crippen LogP contribution in [-0.4, -0.2) is 55.0 Å². The standard InChI is InChI=1S/C14H18FN3O/c1-17-9-12-8-16-6-7-18(12)13(14(17)19)10-2-4-11(15)5-3-10/h2-5,12-13,16H,6-9H2,1H3. The summed E-state index contributed by atoms with van der Waals surface area (Å²) >= 11 is 0. The summed E-state index contributed by atoms with van der Waals surface area (Å²) in [5.41, 5.74) is 0.879. The molecule has 1 aromatic rings. The Bertz CT molecular complexity index is 476. The first-order chi connectivity index (χ1) is 9.16. The molecule has 1 N–H and O–H groups in total. The molecular formula is C14H18FN3O. The molecule has 2 heterocycles. The van der Waals surface area contributed by atoms with E-state index in [4.69, 9.17) is 0 Å². The Kier molecular flexibility index (Phi) is 3.24. The van der Waals surface area contributed by atoms with Crippen molar-refractivity contribution in [2.75, 3.05) is 33.2 Å². The average molecular weight is 263 g/mol. The lowest BCUT2D eigenvalue weighted by Crippen LogP contribution is -2.63. The summed E-state index contributed by atoms with van der Waals surface area (Å²) in [7, 11) is 1.84. The van der Waals surface area contributed by atoms with E-state index in [2.05, 4.69) is 10.2 Å². The number of amides is 1. The number of benzene rings is 1. The van der Waals surface area contributed by atoms with Gasteiger partial charge in [-0.05, 0) is 17.7 Å². The number of likely N-dealkylation sites (N-methyl/N-ethyl adjacent to an activating group) is 1. The topological polar surface area (TPSA) is 35.6 Å². The van der Waals surface area contributed by atoms with Crippen LogP contribution in [0.5, 0.6) is 0 Å². The number of nitrogens with one attached hydrogen (secondary N) is 1. The Labute approximate surface area is 112 Å². The summed E-state index contributed by atoms with van der Waals surface area (Å²) in [6.07, 6.45) is 0. The molecule has 0 bridgehead atoms. The van der Waals surface area contributed by atoms with Crippen molar-refractivity contribution in [1.82, 2.24) is 15.1 Å². The fourth-order valence-corrected chi connectivity index (χ4v) is 3.02. The van der Waals surface area contributed by atoms with Gasteiger partial charge in [-0.15, -0.1) is 0 Å². The minimum atomic E-state index is -0.272. The van der Waals surface area contributed by atoms with Gasteiger partial charge in [0.25, 0.3) is 0 Å². The molecule has 4 nitrogen and oxygen atoms in total.